The van der Waals surface area contributed by atoms with Gasteiger partial charge in [-0.25, -0.2) is 23.8 Å². The van der Waals surface area contributed by atoms with Crippen LogP contribution in [0.2, 0.25) is 0 Å². The molecule has 2 aliphatic heterocycles. The smallest absolute Gasteiger partial charge is 0.246 e. The van der Waals surface area contributed by atoms with Crippen LogP contribution in [0.4, 0.5) is 14.6 Å². The van der Waals surface area contributed by atoms with E-state index < -0.39 is 17.7 Å². The SMILES string of the molecule is COc1cc(N2CCC(C(=O)N3N=CC[C@H]3c3cc(F)ccc3F)CC2)ncn1. The third-order valence-electron chi connectivity index (χ3n) is 5.38. The molecule has 1 fully saturated rings. The average molecular weight is 401 g/mol. The van der Waals surface area contributed by atoms with E-state index in [4.69, 9.17) is 4.74 Å². The van der Waals surface area contributed by atoms with E-state index in [1.54, 1.807) is 19.4 Å². The number of benzene rings is 1. The van der Waals surface area contributed by atoms with Crippen molar-refractivity contribution >= 4 is 17.9 Å². The number of anilines is 1. The minimum atomic E-state index is -0.609. The molecule has 0 saturated carbocycles. The minimum absolute atomic E-state index is 0.154. The summed E-state index contributed by atoms with van der Waals surface area (Å²) in [7, 11) is 1.55. The van der Waals surface area contributed by atoms with Gasteiger partial charge in [0.05, 0.1) is 13.2 Å². The summed E-state index contributed by atoms with van der Waals surface area (Å²) in [5.41, 5.74) is 0.154. The van der Waals surface area contributed by atoms with E-state index in [0.717, 1.165) is 24.0 Å². The van der Waals surface area contributed by atoms with Crippen LogP contribution in [0.3, 0.4) is 0 Å². The first-order valence-electron chi connectivity index (χ1n) is 9.48. The number of hydrazone groups is 1. The third kappa shape index (κ3) is 3.90. The lowest BCUT2D eigenvalue weighted by atomic mass is 9.94. The topological polar surface area (TPSA) is 70.9 Å². The van der Waals surface area contributed by atoms with E-state index in [9.17, 15) is 13.6 Å². The second kappa shape index (κ2) is 8.10. The number of aromatic nitrogens is 2. The van der Waals surface area contributed by atoms with Crippen LogP contribution in [-0.2, 0) is 4.79 Å². The molecule has 1 saturated heterocycles. The van der Waals surface area contributed by atoms with Gasteiger partial charge in [-0.05, 0) is 31.0 Å². The zero-order chi connectivity index (χ0) is 20.4. The zero-order valence-electron chi connectivity index (χ0n) is 16.0. The Morgan fingerprint density at radius 1 is 1.17 bits per heavy atom. The van der Waals surface area contributed by atoms with Crippen molar-refractivity contribution in [3.8, 4) is 5.88 Å². The van der Waals surface area contributed by atoms with Crippen molar-refractivity contribution in [2.24, 2.45) is 11.0 Å². The Kier molecular flexibility index (Phi) is 5.37. The van der Waals surface area contributed by atoms with Crippen LogP contribution in [-0.4, -0.2) is 47.3 Å². The molecule has 7 nitrogen and oxygen atoms in total. The van der Waals surface area contributed by atoms with Crippen molar-refractivity contribution in [2.45, 2.75) is 25.3 Å². The van der Waals surface area contributed by atoms with Gasteiger partial charge in [-0.1, -0.05) is 0 Å². The zero-order valence-corrected chi connectivity index (χ0v) is 16.0. The number of amides is 1. The molecule has 2 aromatic rings. The molecule has 0 spiro atoms. The predicted octanol–water partition coefficient (Wildman–Crippen LogP) is 2.94. The molecule has 1 aromatic carbocycles. The number of hydrogen-bond donors (Lipinski definition) is 0. The third-order valence-corrected chi connectivity index (χ3v) is 5.38. The van der Waals surface area contributed by atoms with E-state index in [1.165, 1.54) is 11.3 Å². The Bertz CT molecular complexity index is 931. The maximum absolute atomic E-state index is 14.2. The lowest BCUT2D eigenvalue weighted by Gasteiger charge is -2.34. The fraction of sp³-hybridized carbons (Fsp3) is 0.400. The number of carbonyl (C=O) groups excluding carboxylic acids is 1. The van der Waals surface area contributed by atoms with Gasteiger partial charge >= 0.3 is 0 Å². The molecule has 9 heteroatoms. The number of methoxy groups -OCH3 is 1. The molecule has 0 N–H and O–H groups in total. The molecule has 0 aliphatic carbocycles. The molecule has 0 radical (unpaired) electrons. The first kappa shape index (κ1) is 19.2. The highest BCUT2D eigenvalue weighted by molar-refractivity contribution is 5.82. The van der Waals surface area contributed by atoms with E-state index >= 15 is 0 Å². The van der Waals surface area contributed by atoms with Gasteiger partial charge < -0.3 is 9.64 Å². The van der Waals surface area contributed by atoms with Crippen molar-refractivity contribution in [1.82, 2.24) is 15.0 Å². The van der Waals surface area contributed by atoms with Crippen molar-refractivity contribution < 1.29 is 18.3 Å². The summed E-state index contributed by atoms with van der Waals surface area (Å²) in [5, 5.41) is 5.47. The molecule has 0 bridgehead atoms. The van der Waals surface area contributed by atoms with Gasteiger partial charge in [0.2, 0.25) is 11.8 Å². The Morgan fingerprint density at radius 3 is 2.72 bits per heavy atom. The largest absolute Gasteiger partial charge is 0.481 e. The number of rotatable bonds is 4. The summed E-state index contributed by atoms with van der Waals surface area (Å²) >= 11 is 0. The highest BCUT2D eigenvalue weighted by Crippen LogP contribution is 2.34. The molecule has 4 rings (SSSR count). The van der Waals surface area contributed by atoms with Crippen molar-refractivity contribution in [3.63, 3.8) is 0 Å². The summed E-state index contributed by atoms with van der Waals surface area (Å²) in [6.07, 6.45) is 4.63. The average Bonchev–Trinajstić information content (AvgIpc) is 3.24. The lowest BCUT2D eigenvalue weighted by molar-refractivity contribution is -0.138. The molecular formula is C20H21F2N5O2. The summed E-state index contributed by atoms with van der Waals surface area (Å²) < 4.78 is 33.0. The molecular weight excluding hydrogens is 380 g/mol. The quantitative estimate of drug-likeness (QED) is 0.788. The van der Waals surface area contributed by atoms with E-state index in [2.05, 4.69) is 20.0 Å². The Morgan fingerprint density at radius 2 is 1.97 bits per heavy atom. The minimum Gasteiger partial charge on any atom is -0.481 e. The van der Waals surface area contributed by atoms with Gasteiger partial charge in [-0.15, -0.1) is 0 Å². The first-order chi connectivity index (χ1) is 14.1. The molecule has 3 heterocycles. The van der Waals surface area contributed by atoms with Crippen molar-refractivity contribution in [3.05, 3.63) is 47.8 Å². The number of ether oxygens (including phenoxy) is 1. The molecule has 1 atom stereocenters. The lowest BCUT2D eigenvalue weighted by Crippen LogP contribution is -2.41. The Balaban J connectivity index is 1.43. The molecule has 1 aromatic heterocycles. The number of halogens is 2. The molecule has 2 aliphatic rings. The van der Waals surface area contributed by atoms with Gasteiger partial charge in [0.25, 0.3) is 0 Å². The Labute approximate surface area is 167 Å². The van der Waals surface area contributed by atoms with Gasteiger partial charge in [0, 0.05) is 43.3 Å². The van der Waals surface area contributed by atoms with Crippen LogP contribution in [0.15, 0.2) is 35.7 Å². The number of hydrogen-bond acceptors (Lipinski definition) is 6. The van der Waals surface area contributed by atoms with Crippen LogP contribution in [0, 0.1) is 17.6 Å². The van der Waals surface area contributed by atoms with E-state index in [1.807, 2.05) is 0 Å². The summed E-state index contributed by atoms with van der Waals surface area (Å²) in [6, 6.07) is 4.44. The van der Waals surface area contributed by atoms with E-state index in [0.29, 0.717) is 38.2 Å². The fourth-order valence-electron chi connectivity index (χ4n) is 3.81. The first-order valence-corrected chi connectivity index (χ1v) is 9.48. The summed E-state index contributed by atoms with van der Waals surface area (Å²) in [5.74, 6) is -0.223. The molecule has 1 amide bonds. The van der Waals surface area contributed by atoms with Crippen LogP contribution in [0.25, 0.3) is 0 Å². The van der Waals surface area contributed by atoms with Crippen LogP contribution >= 0.6 is 0 Å². The van der Waals surface area contributed by atoms with Crippen molar-refractivity contribution in [1.29, 1.82) is 0 Å². The number of carbonyl (C=O) groups is 1. The van der Waals surface area contributed by atoms with Gasteiger partial charge in [-0.3, -0.25) is 4.79 Å². The standard InChI is InChI=1S/C20H21F2N5O2/c1-29-19-11-18(23-12-24-19)26-8-5-13(6-9-26)20(28)27-17(4-7-25-27)15-10-14(21)2-3-16(15)22/h2-3,7,10-13,17H,4-6,8-9H2,1H3/t17-/m0/s1. The second-order valence-corrected chi connectivity index (χ2v) is 7.08. The van der Waals surface area contributed by atoms with Gasteiger partial charge in [0.15, 0.2) is 0 Å². The molecule has 29 heavy (non-hydrogen) atoms. The predicted molar refractivity (Wildman–Crippen MR) is 103 cm³/mol. The van der Waals surface area contributed by atoms with E-state index in [-0.39, 0.29) is 17.4 Å². The van der Waals surface area contributed by atoms with Crippen LogP contribution < -0.4 is 9.64 Å². The number of piperidine rings is 1. The van der Waals surface area contributed by atoms with Crippen LogP contribution in [0.5, 0.6) is 5.88 Å². The molecule has 0 unspecified atom stereocenters. The monoisotopic (exact) mass is 401 g/mol. The van der Waals surface area contributed by atoms with Crippen LogP contribution in [0.1, 0.15) is 30.9 Å². The highest BCUT2D eigenvalue weighted by Gasteiger charge is 2.36. The summed E-state index contributed by atoms with van der Waals surface area (Å²) in [4.78, 5) is 23.4. The second-order valence-electron chi connectivity index (χ2n) is 7.08. The number of nitrogens with zero attached hydrogens (tertiary/aromatic N) is 5. The van der Waals surface area contributed by atoms with Gasteiger partial charge in [0.1, 0.15) is 23.8 Å². The highest BCUT2D eigenvalue weighted by atomic mass is 19.1. The Hall–Kier alpha value is -3.10. The normalized spacial score (nSPS) is 19.6. The molecule has 152 valence electrons. The maximum Gasteiger partial charge on any atom is 0.246 e. The fourth-order valence-corrected chi connectivity index (χ4v) is 3.81. The van der Waals surface area contributed by atoms with Crippen molar-refractivity contribution in [2.75, 3.05) is 25.1 Å². The van der Waals surface area contributed by atoms with Gasteiger partial charge in [-0.2, -0.15) is 5.10 Å². The summed E-state index contributed by atoms with van der Waals surface area (Å²) in [6.45, 7) is 1.29. The maximum atomic E-state index is 14.2.